The Balaban J connectivity index is 2.09. The number of amides is 1. The number of H-pyrrole nitrogens is 1. The van der Waals surface area contributed by atoms with Crippen LogP contribution in [0.15, 0.2) is 29.1 Å². The van der Waals surface area contributed by atoms with Gasteiger partial charge in [-0.15, -0.1) is 0 Å². The minimum atomic E-state index is -0.164. The number of nitrogens with zero attached hydrogens (tertiary/aromatic N) is 4. The summed E-state index contributed by atoms with van der Waals surface area (Å²) in [5, 5.41) is 6.43. The number of rotatable bonds is 3. The summed E-state index contributed by atoms with van der Waals surface area (Å²) >= 11 is 3.23. The first-order valence-corrected chi connectivity index (χ1v) is 5.68. The zero-order valence-corrected chi connectivity index (χ0v) is 10.7. The number of hydrogen-bond donors (Lipinski definition) is 1. The van der Waals surface area contributed by atoms with E-state index in [1.807, 2.05) is 0 Å². The quantitative estimate of drug-likeness (QED) is 0.865. The number of aromatic amines is 1. The van der Waals surface area contributed by atoms with E-state index in [4.69, 9.17) is 0 Å². The second-order valence-electron chi connectivity index (χ2n) is 3.44. The summed E-state index contributed by atoms with van der Waals surface area (Å²) in [6, 6.07) is 5.21. The van der Waals surface area contributed by atoms with Crippen molar-refractivity contribution in [3.8, 4) is 0 Å². The molecular weight excluding hydrogens is 286 g/mol. The lowest BCUT2D eigenvalue weighted by molar-refractivity contribution is 0.0775. The highest BCUT2D eigenvalue weighted by Crippen LogP contribution is 2.08. The zero-order valence-electron chi connectivity index (χ0n) is 9.09. The average Bonchev–Trinajstić information content (AvgIpc) is 2.80. The van der Waals surface area contributed by atoms with Gasteiger partial charge in [0.25, 0.3) is 5.91 Å². The van der Waals surface area contributed by atoms with Gasteiger partial charge in [0, 0.05) is 7.05 Å². The summed E-state index contributed by atoms with van der Waals surface area (Å²) in [5.41, 5.74) is 0.390. The summed E-state index contributed by atoms with van der Waals surface area (Å²) in [4.78, 5) is 21.6. The molecule has 17 heavy (non-hydrogen) atoms. The minimum absolute atomic E-state index is 0.164. The molecule has 88 valence electrons. The van der Waals surface area contributed by atoms with Crippen LogP contribution in [0.3, 0.4) is 0 Å². The molecule has 0 fully saturated rings. The highest BCUT2D eigenvalue weighted by molar-refractivity contribution is 9.10. The monoisotopic (exact) mass is 295 g/mol. The van der Waals surface area contributed by atoms with Crippen LogP contribution in [0.4, 0.5) is 0 Å². The van der Waals surface area contributed by atoms with Crippen LogP contribution in [0.1, 0.15) is 16.3 Å². The number of nitrogens with one attached hydrogen (secondary N) is 1. The van der Waals surface area contributed by atoms with Gasteiger partial charge in [-0.25, -0.2) is 9.97 Å². The van der Waals surface area contributed by atoms with Crippen molar-refractivity contribution < 1.29 is 4.79 Å². The Bertz CT molecular complexity index is 513. The second-order valence-corrected chi connectivity index (χ2v) is 4.25. The predicted molar refractivity (Wildman–Crippen MR) is 64.1 cm³/mol. The van der Waals surface area contributed by atoms with E-state index in [9.17, 15) is 4.79 Å². The Morgan fingerprint density at radius 3 is 3.00 bits per heavy atom. The molecule has 1 N–H and O–H groups in total. The van der Waals surface area contributed by atoms with E-state index in [-0.39, 0.29) is 5.91 Å². The van der Waals surface area contributed by atoms with Gasteiger partial charge in [0.2, 0.25) is 0 Å². The Labute approximate surface area is 106 Å². The molecular formula is C10H10BrN5O. The van der Waals surface area contributed by atoms with Crippen molar-refractivity contribution in [1.29, 1.82) is 0 Å². The lowest BCUT2D eigenvalue weighted by Gasteiger charge is -2.14. The van der Waals surface area contributed by atoms with Gasteiger partial charge in [0.1, 0.15) is 22.4 Å². The van der Waals surface area contributed by atoms with Crippen LogP contribution < -0.4 is 0 Å². The van der Waals surface area contributed by atoms with Crippen LogP contribution in [0, 0.1) is 0 Å². The molecule has 0 radical (unpaired) electrons. The maximum absolute atomic E-state index is 12.0. The third-order valence-electron chi connectivity index (χ3n) is 2.13. The molecule has 2 rings (SSSR count). The lowest BCUT2D eigenvalue weighted by atomic mass is 10.3. The Kier molecular flexibility index (Phi) is 3.48. The molecule has 6 nitrogen and oxygen atoms in total. The molecule has 0 spiro atoms. The fourth-order valence-electron chi connectivity index (χ4n) is 1.33. The maximum Gasteiger partial charge on any atom is 0.272 e. The molecule has 0 saturated heterocycles. The van der Waals surface area contributed by atoms with Crippen molar-refractivity contribution in [1.82, 2.24) is 25.1 Å². The Hall–Kier alpha value is -1.76. The molecule has 0 atom stereocenters. The van der Waals surface area contributed by atoms with E-state index in [1.54, 1.807) is 25.2 Å². The van der Waals surface area contributed by atoms with E-state index < -0.39 is 0 Å². The van der Waals surface area contributed by atoms with E-state index in [0.717, 1.165) is 0 Å². The summed E-state index contributed by atoms with van der Waals surface area (Å²) in [7, 11) is 1.69. The number of carbonyl (C=O) groups is 1. The largest absolute Gasteiger partial charge is 0.333 e. The molecule has 0 bridgehead atoms. The summed E-state index contributed by atoms with van der Waals surface area (Å²) < 4.78 is 0.636. The van der Waals surface area contributed by atoms with Crippen molar-refractivity contribution in [3.63, 3.8) is 0 Å². The third-order valence-corrected chi connectivity index (χ3v) is 2.57. The number of hydrogen-bond acceptors (Lipinski definition) is 4. The Morgan fingerprint density at radius 1 is 1.53 bits per heavy atom. The van der Waals surface area contributed by atoms with E-state index in [0.29, 0.717) is 22.7 Å². The van der Waals surface area contributed by atoms with Gasteiger partial charge in [-0.2, -0.15) is 5.10 Å². The SMILES string of the molecule is CN(Cc1ncn[nH]1)C(=O)c1cccc(Br)n1. The van der Waals surface area contributed by atoms with E-state index in [1.165, 1.54) is 11.2 Å². The van der Waals surface area contributed by atoms with Gasteiger partial charge in [-0.3, -0.25) is 9.89 Å². The van der Waals surface area contributed by atoms with Gasteiger partial charge in [0.15, 0.2) is 0 Å². The fourth-order valence-corrected chi connectivity index (χ4v) is 1.67. The minimum Gasteiger partial charge on any atom is -0.333 e. The normalized spacial score (nSPS) is 10.2. The van der Waals surface area contributed by atoms with Crippen molar-refractivity contribution in [2.24, 2.45) is 0 Å². The maximum atomic E-state index is 12.0. The highest BCUT2D eigenvalue weighted by Gasteiger charge is 2.14. The van der Waals surface area contributed by atoms with Crippen LogP contribution >= 0.6 is 15.9 Å². The molecule has 2 heterocycles. The molecule has 7 heteroatoms. The molecule has 0 aliphatic rings. The van der Waals surface area contributed by atoms with Gasteiger partial charge in [-0.05, 0) is 28.1 Å². The van der Waals surface area contributed by atoms with Gasteiger partial charge in [0.05, 0.1) is 6.54 Å². The molecule has 0 aliphatic heterocycles. The second kappa shape index (κ2) is 5.05. The molecule has 0 aliphatic carbocycles. The molecule has 0 unspecified atom stereocenters. The van der Waals surface area contributed by atoms with Crippen molar-refractivity contribution >= 4 is 21.8 Å². The van der Waals surface area contributed by atoms with Crippen molar-refractivity contribution in [2.45, 2.75) is 6.54 Å². The number of pyridine rings is 1. The van der Waals surface area contributed by atoms with Crippen LogP contribution in [0.25, 0.3) is 0 Å². The van der Waals surface area contributed by atoms with Gasteiger partial charge >= 0.3 is 0 Å². The first kappa shape index (κ1) is 11.7. The third kappa shape index (κ3) is 2.88. The van der Waals surface area contributed by atoms with E-state index in [2.05, 4.69) is 36.1 Å². The topological polar surface area (TPSA) is 74.8 Å². The Morgan fingerprint density at radius 2 is 2.35 bits per heavy atom. The fraction of sp³-hybridized carbons (Fsp3) is 0.200. The van der Waals surface area contributed by atoms with Crippen LogP contribution in [-0.4, -0.2) is 38.0 Å². The predicted octanol–water partition coefficient (Wildman–Crippen LogP) is 1.23. The first-order chi connectivity index (χ1) is 8.16. The number of carbonyl (C=O) groups excluding carboxylic acids is 1. The number of aromatic nitrogens is 4. The molecule has 0 saturated carbocycles. The summed E-state index contributed by atoms with van der Waals surface area (Å²) in [6.45, 7) is 0.368. The van der Waals surface area contributed by atoms with Crippen molar-refractivity contribution in [3.05, 3.63) is 40.6 Å². The first-order valence-electron chi connectivity index (χ1n) is 4.89. The lowest BCUT2D eigenvalue weighted by Crippen LogP contribution is -2.27. The van der Waals surface area contributed by atoms with Crippen LogP contribution in [0.2, 0.25) is 0 Å². The van der Waals surface area contributed by atoms with Crippen LogP contribution in [-0.2, 0) is 6.54 Å². The molecule has 1 amide bonds. The summed E-state index contributed by atoms with van der Waals surface area (Å²) in [6.07, 6.45) is 1.41. The molecule has 2 aromatic rings. The standard InChI is InChI=1S/C10H10BrN5O/c1-16(5-9-12-6-13-15-9)10(17)7-3-2-4-8(11)14-7/h2-4,6H,5H2,1H3,(H,12,13,15). The molecule has 0 aromatic carbocycles. The average molecular weight is 296 g/mol. The van der Waals surface area contributed by atoms with Crippen LogP contribution in [0.5, 0.6) is 0 Å². The summed E-state index contributed by atoms with van der Waals surface area (Å²) in [5.74, 6) is 0.471. The smallest absolute Gasteiger partial charge is 0.272 e. The highest BCUT2D eigenvalue weighted by atomic mass is 79.9. The zero-order chi connectivity index (χ0) is 12.3. The number of halogens is 1. The van der Waals surface area contributed by atoms with Gasteiger partial charge < -0.3 is 4.90 Å². The van der Waals surface area contributed by atoms with E-state index >= 15 is 0 Å². The molecule has 2 aromatic heterocycles. The van der Waals surface area contributed by atoms with Gasteiger partial charge in [-0.1, -0.05) is 6.07 Å². The van der Waals surface area contributed by atoms with Crippen molar-refractivity contribution in [2.75, 3.05) is 7.05 Å².